The molecule has 38 heavy (non-hydrogen) atoms. The van der Waals surface area contributed by atoms with Gasteiger partial charge in [0, 0.05) is 0 Å². The molecule has 190 valence electrons. The number of rotatable bonds is 4. The van der Waals surface area contributed by atoms with Gasteiger partial charge in [0.25, 0.3) is 0 Å². The Morgan fingerprint density at radius 1 is 0.658 bits per heavy atom. The van der Waals surface area contributed by atoms with Gasteiger partial charge in [-0.05, 0) is 0 Å². The van der Waals surface area contributed by atoms with Gasteiger partial charge in [-0.25, -0.2) is 0 Å². The number of benzene rings is 4. The molecule has 0 fully saturated rings. The average molecular weight is 574 g/mol. The number of allylic oxidation sites excluding steroid dienone is 4. The van der Waals surface area contributed by atoms with Gasteiger partial charge in [-0.3, -0.25) is 0 Å². The van der Waals surface area contributed by atoms with Gasteiger partial charge in [-0.15, -0.1) is 0 Å². The van der Waals surface area contributed by atoms with Crippen molar-refractivity contribution in [2.45, 2.75) is 42.9 Å². The van der Waals surface area contributed by atoms with E-state index in [1.54, 1.807) is 15.3 Å². The molecule has 0 radical (unpaired) electrons. The zero-order valence-electron chi connectivity index (χ0n) is 23.4. The molecule has 2 aliphatic rings. The first-order valence-electron chi connectivity index (χ1n) is 14.0. The van der Waals surface area contributed by atoms with E-state index < -0.39 is 18.3 Å². The fourth-order valence-corrected chi connectivity index (χ4v) is 22.0. The van der Waals surface area contributed by atoms with Crippen molar-refractivity contribution in [3.05, 3.63) is 146 Å². The summed E-state index contributed by atoms with van der Waals surface area (Å²) in [4.78, 5) is 0. The second-order valence-corrected chi connectivity index (χ2v) is 28.7. The fourth-order valence-electron chi connectivity index (χ4n) is 7.14. The predicted octanol–water partition coefficient (Wildman–Crippen LogP) is 9.20. The van der Waals surface area contributed by atoms with Gasteiger partial charge in [0.05, 0.1) is 0 Å². The zero-order chi connectivity index (χ0) is 26.6. The van der Waals surface area contributed by atoms with E-state index in [0.29, 0.717) is 0 Å². The van der Waals surface area contributed by atoms with E-state index in [2.05, 4.69) is 145 Å². The molecule has 0 spiro atoms. The molecule has 0 aromatic heterocycles. The standard InChI is InChI=1S/C13H9.C13H10.C9H13.2CH3.Zr/c1-3-7-12-10(5-1)9-11-6-2-4-8-13(11)12;1-3-7-12(8-4-1)11-13-9-5-2-6-10-13;1-9(2,3)8-6-4-5-7-8;;;/h1-5,7-8H,9H2;1-10H;6-7H,4H2,1-3H3;2*1H3;. The van der Waals surface area contributed by atoms with Crippen LogP contribution in [0.15, 0.2) is 124 Å². The Kier molecular flexibility index (Phi) is 6.08. The van der Waals surface area contributed by atoms with Gasteiger partial charge in [0.15, 0.2) is 0 Å². The van der Waals surface area contributed by atoms with Gasteiger partial charge in [-0.2, -0.15) is 0 Å². The monoisotopic (exact) mass is 572 g/mol. The Morgan fingerprint density at radius 2 is 1.24 bits per heavy atom. The van der Waals surface area contributed by atoms with Crippen molar-refractivity contribution in [2.75, 3.05) is 0 Å². The van der Waals surface area contributed by atoms with E-state index in [4.69, 9.17) is 0 Å². The molecule has 0 saturated carbocycles. The van der Waals surface area contributed by atoms with Crippen molar-refractivity contribution in [1.29, 1.82) is 0 Å². The van der Waals surface area contributed by atoms with Gasteiger partial charge in [0.2, 0.25) is 0 Å². The molecule has 2 aliphatic carbocycles. The van der Waals surface area contributed by atoms with Crippen molar-refractivity contribution in [2.24, 2.45) is 5.41 Å². The summed E-state index contributed by atoms with van der Waals surface area (Å²) in [5, 5.41) is 0. The maximum atomic E-state index is 2.71. The van der Waals surface area contributed by atoms with Gasteiger partial charge in [-0.1, -0.05) is 0 Å². The minimum absolute atomic E-state index is 0.138. The van der Waals surface area contributed by atoms with Crippen LogP contribution in [-0.4, -0.2) is 3.21 Å². The summed E-state index contributed by atoms with van der Waals surface area (Å²) in [6.07, 6.45) is 7.20. The molecule has 0 nitrogen and oxygen atoms in total. The van der Waals surface area contributed by atoms with Gasteiger partial charge in [0.1, 0.15) is 0 Å². The molecule has 1 heteroatoms. The van der Waals surface area contributed by atoms with Crippen LogP contribution in [0.3, 0.4) is 0 Å². The molecule has 6 rings (SSSR count). The molecule has 0 saturated heterocycles. The normalized spacial score (nSPS) is 15.0. The topological polar surface area (TPSA) is 0 Å². The van der Waals surface area contributed by atoms with Crippen LogP contribution in [0.5, 0.6) is 0 Å². The first-order chi connectivity index (χ1) is 18.2. The quantitative estimate of drug-likeness (QED) is 0.201. The number of fused-ring (bicyclic) bond motifs is 3. The third-order valence-electron chi connectivity index (χ3n) is 9.23. The van der Waals surface area contributed by atoms with Crippen molar-refractivity contribution in [1.82, 2.24) is 0 Å². The third-order valence-corrected chi connectivity index (χ3v) is 25.1. The van der Waals surface area contributed by atoms with Crippen LogP contribution >= 0.6 is 0 Å². The molecule has 0 bridgehead atoms. The van der Waals surface area contributed by atoms with Crippen molar-refractivity contribution in [3.8, 4) is 11.1 Å². The number of hydrogen-bond acceptors (Lipinski definition) is 0. The van der Waals surface area contributed by atoms with E-state index in [1.165, 1.54) is 33.4 Å². The molecule has 0 N–H and O–H groups in total. The molecular formula is C37H38Zr. The van der Waals surface area contributed by atoms with Gasteiger partial charge >= 0.3 is 231 Å². The molecule has 0 amide bonds. The first kappa shape index (κ1) is 25.4. The fraction of sp³-hybridized carbons (Fsp3) is 0.216. The minimum atomic E-state index is -4.20. The molecule has 0 heterocycles. The van der Waals surface area contributed by atoms with E-state index in [1.807, 2.05) is 0 Å². The van der Waals surface area contributed by atoms with Crippen LogP contribution in [0.2, 0.25) is 9.26 Å². The zero-order valence-corrected chi connectivity index (χ0v) is 25.8. The van der Waals surface area contributed by atoms with Crippen LogP contribution in [0, 0.1) is 5.41 Å². The Bertz CT molecular complexity index is 1620. The Hall–Kier alpha value is -2.89. The molecule has 0 aliphatic heterocycles. The summed E-state index contributed by atoms with van der Waals surface area (Å²) in [6.45, 7) is 7.05. The van der Waals surface area contributed by atoms with E-state index in [-0.39, 0.29) is 5.41 Å². The summed E-state index contributed by atoms with van der Waals surface area (Å²) < 4.78 is 10.3. The van der Waals surface area contributed by atoms with Crippen molar-refractivity contribution >= 4 is 6.48 Å². The third kappa shape index (κ3) is 3.94. The van der Waals surface area contributed by atoms with Crippen molar-refractivity contribution < 1.29 is 18.3 Å². The summed E-state index contributed by atoms with van der Waals surface area (Å²) in [7, 11) is 0. The molecule has 0 unspecified atom stereocenters. The maximum absolute atomic E-state index is 4.20. The summed E-state index contributed by atoms with van der Waals surface area (Å²) in [5.74, 6) is 0. The Balaban J connectivity index is 1.78. The van der Waals surface area contributed by atoms with E-state index in [9.17, 15) is 0 Å². The average Bonchev–Trinajstić information content (AvgIpc) is 3.56. The Morgan fingerprint density at radius 3 is 1.84 bits per heavy atom. The molecule has 0 atom stereocenters. The van der Waals surface area contributed by atoms with Gasteiger partial charge < -0.3 is 0 Å². The second-order valence-electron chi connectivity index (χ2n) is 12.9. The predicted molar refractivity (Wildman–Crippen MR) is 162 cm³/mol. The molecular weight excluding hydrogens is 536 g/mol. The van der Waals surface area contributed by atoms with Crippen molar-refractivity contribution in [3.63, 3.8) is 0 Å². The van der Waals surface area contributed by atoms with Crippen LogP contribution in [0.25, 0.3) is 11.1 Å². The molecule has 4 aromatic rings. The van der Waals surface area contributed by atoms with Crippen LogP contribution in [0.1, 0.15) is 49.4 Å². The second kappa shape index (κ2) is 9.10. The summed E-state index contributed by atoms with van der Waals surface area (Å²) in [6, 6.07) is 38.7. The van der Waals surface area contributed by atoms with E-state index in [0.717, 1.165) is 12.8 Å². The first-order valence-corrected chi connectivity index (χ1v) is 22.6. The van der Waals surface area contributed by atoms with Crippen LogP contribution in [0.4, 0.5) is 0 Å². The Labute approximate surface area is 229 Å². The summed E-state index contributed by atoms with van der Waals surface area (Å²) in [5.41, 5.74) is 10.2. The van der Waals surface area contributed by atoms with E-state index >= 15 is 0 Å². The van der Waals surface area contributed by atoms with Crippen LogP contribution < -0.4 is 3.27 Å². The SMILES string of the molecule is CC(C)(C)C1=CC[C]([Zr]([CH3])([CH3])(=[C](c2ccccc2)c2ccccc2)[c]2cccc3c2Cc2ccccc2-3)=C1. The number of hydrogen-bond donors (Lipinski definition) is 0. The van der Waals surface area contributed by atoms with Crippen LogP contribution in [-0.2, 0) is 24.7 Å². The summed E-state index contributed by atoms with van der Waals surface area (Å²) >= 11 is -4.20. The molecule has 4 aromatic carbocycles.